The number of aliphatic carboxylic acids is 2. The van der Waals surface area contributed by atoms with E-state index in [0.29, 0.717) is 13.0 Å². The summed E-state index contributed by atoms with van der Waals surface area (Å²) in [7, 11) is 1.60. The zero-order valence-electron chi connectivity index (χ0n) is 20.2. The Hall–Kier alpha value is -3.22. The highest BCUT2D eigenvalue weighted by atomic mass is 16.5. The number of ether oxygens (including phenoxy) is 1. The van der Waals surface area contributed by atoms with Crippen LogP contribution in [0.25, 0.3) is 0 Å². The summed E-state index contributed by atoms with van der Waals surface area (Å²) in [6.45, 7) is 9.41. The number of carbonyl (C=O) groups is 2. The molecular formula is C26H36N2O5. The number of likely N-dealkylation sites (N-methyl/N-ethyl adjacent to an activating group) is 1. The summed E-state index contributed by atoms with van der Waals surface area (Å²) in [5.41, 5.74) is 4.29. The summed E-state index contributed by atoms with van der Waals surface area (Å²) in [5.74, 6) is -0.768. The Bertz CT molecular complexity index is 926. The molecule has 0 amide bonds. The molecule has 1 aliphatic heterocycles. The molecule has 2 atom stereocenters. The lowest BCUT2D eigenvalue weighted by atomic mass is 10.1. The number of methoxy groups -OCH3 is 1. The van der Waals surface area contributed by atoms with Crippen LogP contribution in [0.5, 0.6) is 5.75 Å². The fourth-order valence-electron chi connectivity index (χ4n) is 4.35. The number of hydrogen-bond donors (Lipinski definition) is 2. The number of anilines is 2. The standard InChI is InChI=1S/C13H19NO3.C13H17NO2/c1-4-12(13(15)16)14(5-2)10-7-6-8-11(9-10)17-3;1-9-6-10(2)8-11(7-9)14-5-3-4-12(14)13(15)16/h6-9,12H,4-5H2,1-3H3,(H,15,16);6-8,12H,3-5H2,1-2H3,(H,15,16). The molecule has 180 valence electrons. The van der Waals surface area contributed by atoms with Gasteiger partial charge in [0.15, 0.2) is 0 Å². The fourth-order valence-corrected chi connectivity index (χ4v) is 4.35. The first-order valence-electron chi connectivity index (χ1n) is 11.4. The highest BCUT2D eigenvalue weighted by Crippen LogP contribution is 2.27. The molecule has 33 heavy (non-hydrogen) atoms. The van der Waals surface area contributed by atoms with Gasteiger partial charge in [-0.3, -0.25) is 0 Å². The van der Waals surface area contributed by atoms with Crippen LogP contribution in [-0.2, 0) is 9.59 Å². The molecule has 2 aromatic carbocycles. The number of hydrogen-bond acceptors (Lipinski definition) is 5. The van der Waals surface area contributed by atoms with Crippen molar-refractivity contribution in [2.45, 2.75) is 59.0 Å². The Kier molecular flexibility index (Phi) is 9.57. The van der Waals surface area contributed by atoms with E-state index >= 15 is 0 Å². The van der Waals surface area contributed by atoms with Gasteiger partial charge in [0.25, 0.3) is 0 Å². The Morgan fingerprint density at radius 3 is 2.30 bits per heavy atom. The molecule has 0 aliphatic carbocycles. The maximum atomic E-state index is 11.2. The maximum Gasteiger partial charge on any atom is 0.326 e. The highest BCUT2D eigenvalue weighted by Gasteiger charge is 2.30. The summed E-state index contributed by atoms with van der Waals surface area (Å²) in [4.78, 5) is 26.2. The van der Waals surface area contributed by atoms with Crippen molar-refractivity contribution in [3.63, 3.8) is 0 Å². The van der Waals surface area contributed by atoms with Crippen LogP contribution in [0.1, 0.15) is 44.2 Å². The minimum atomic E-state index is -0.794. The van der Waals surface area contributed by atoms with Crippen LogP contribution >= 0.6 is 0 Å². The summed E-state index contributed by atoms with van der Waals surface area (Å²) in [6, 6.07) is 12.9. The van der Waals surface area contributed by atoms with Crippen molar-refractivity contribution in [3.8, 4) is 5.75 Å². The third-order valence-corrected chi connectivity index (χ3v) is 5.85. The minimum Gasteiger partial charge on any atom is -0.497 e. The third-order valence-electron chi connectivity index (χ3n) is 5.85. The quantitative estimate of drug-likeness (QED) is 0.593. The molecule has 0 radical (unpaired) electrons. The lowest BCUT2D eigenvalue weighted by Gasteiger charge is -2.29. The van der Waals surface area contributed by atoms with Gasteiger partial charge in [0, 0.05) is 30.5 Å². The van der Waals surface area contributed by atoms with Gasteiger partial charge in [-0.2, -0.15) is 0 Å². The van der Waals surface area contributed by atoms with E-state index < -0.39 is 18.0 Å². The van der Waals surface area contributed by atoms with E-state index in [0.717, 1.165) is 36.5 Å². The van der Waals surface area contributed by atoms with E-state index in [4.69, 9.17) is 9.84 Å². The summed E-state index contributed by atoms with van der Waals surface area (Å²) >= 11 is 0. The second-order valence-corrected chi connectivity index (χ2v) is 8.29. The topological polar surface area (TPSA) is 90.3 Å². The Labute approximate surface area is 196 Å². The minimum absolute atomic E-state index is 0.346. The molecule has 7 nitrogen and oxygen atoms in total. The van der Waals surface area contributed by atoms with Crippen molar-refractivity contribution in [3.05, 3.63) is 53.6 Å². The van der Waals surface area contributed by atoms with Crippen molar-refractivity contribution in [1.82, 2.24) is 0 Å². The van der Waals surface area contributed by atoms with E-state index in [1.807, 2.05) is 61.8 Å². The summed E-state index contributed by atoms with van der Waals surface area (Å²) in [5, 5.41) is 18.3. The molecule has 3 rings (SSSR count). The predicted octanol–water partition coefficient (Wildman–Crippen LogP) is 4.74. The van der Waals surface area contributed by atoms with E-state index in [-0.39, 0.29) is 6.04 Å². The molecule has 0 saturated carbocycles. The van der Waals surface area contributed by atoms with Gasteiger partial charge in [0.1, 0.15) is 17.8 Å². The molecule has 0 aromatic heterocycles. The van der Waals surface area contributed by atoms with E-state index in [9.17, 15) is 14.7 Å². The number of carboxylic acid groups (broad SMARTS) is 2. The summed E-state index contributed by atoms with van der Waals surface area (Å²) in [6.07, 6.45) is 2.28. The monoisotopic (exact) mass is 456 g/mol. The van der Waals surface area contributed by atoms with Crippen molar-refractivity contribution in [2.75, 3.05) is 30.0 Å². The second kappa shape index (κ2) is 12.1. The Morgan fingerprint density at radius 2 is 1.79 bits per heavy atom. The SMILES string of the molecule is CCC(C(=O)O)N(CC)c1cccc(OC)c1.Cc1cc(C)cc(N2CCCC2C(=O)O)c1. The molecule has 0 spiro atoms. The first kappa shape index (κ1) is 26.0. The third kappa shape index (κ3) is 6.88. The Balaban J connectivity index is 0.000000234. The van der Waals surface area contributed by atoms with Crippen LogP contribution in [0.2, 0.25) is 0 Å². The molecule has 2 aromatic rings. The lowest BCUT2D eigenvalue weighted by molar-refractivity contribution is -0.139. The number of benzene rings is 2. The van der Waals surface area contributed by atoms with Gasteiger partial charge in [-0.25, -0.2) is 9.59 Å². The van der Waals surface area contributed by atoms with Crippen LogP contribution in [-0.4, -0.2) is 54.4 Å². The van der Waals surface area contributed by atoms with Gasteiger partial charge in [0.2, 0.25) is 0 Å². The van der Waals surface area contributed by atoms with E-state index in [1.54, 1.807) is 7.11 Å². The zero-order chi connectivity index (χ0) is 24.5. The van der Waals surface area contributed by atoms with Crippen LogP contribution in [0.4, 0.5) is 11.4 Å². The second-order valence-electron chi connectivity index (χ2n) is 8.29. The average Bonchev–Trinajstić information content (AvgIpc) is 3.27. The van der Waals surface area contributed by atoms with Crippen molar-refractivity contribution in [1.29, 1.82) is 0 Å². The molecule has 2 unspecified atom stereocenters. The first-order chi connectivity index (χ1) is 15.7. The van der Waals surface area contributed by atoms with Crippen LogP contribution in [0.3, 0.4) is 0 Å². The number of nitrogens with zero attached hydrogens (tertiary/aromatic N) is 2. The predicted molar refractivity (Wildman–Crippen MR) is 132 cm³/mol. The molecular weight excluding hydrogens is 420 g/mol. The smallest absolute Gasteiger partial charge is 0.326 e. The maximum absolute atomic E-state index is 11.2. The van der Waals surface area contributed by atoms with Crippen molar-refractivity contribution < 1.29 is 24.5 Å². The van der Waals surface area contributed by atoms with Crippen LogP contribution in [0, 0.1) is 13.8 Å². The van der Waals surface area contributed by atoms with Crippen LogP contribution in [0.15, 0.2) is 42.5 Å². The molecule has 1 saturated heterocycles. The van der Waals surface area contributed by atoms with Gasteiger partial charge in [-0.1, -0.05) is 19.1 Å². The summed E-state index contributed by atoms with van der Waals surface area (Å²) < 4.78 is 5.15. The molecule has 7 heteroatoms. The normalized spacial score (nSPS) is 15.9. The van der Waals surface area contributed by atoms with Gasteiger partial charge in [0.05, 0.1) is 7.11 Å². The zero-order valence-corrected chi connectivity index (χ0v) is 20.2. The molecule has 2 N–H and O–H groups in total. The fraction of sp³-hybridized carbons (Fsp3) is 0.462. The van der Waals surface area contributed by atoms with Crippen molar-refractivity contribution >= 4 is 23.3 Å². The largest absolute Gasteiger partial charge is 0.497 e. The number of aryl methyl sites for hydroxylation is 2. The Morgan fingerprint density at radius 1 is 1.12 bits per heavy atom. The van der Waals surface area contributed by atoms with Gasteiger partial charge < -0.3 is 24.7 Å². The average molecular weight is 457 g/mol. The number of rotatable bonds is 8. The molecule has 0 bridgehead atoms. The van der Waals surface area contributed by atoms with Crippen LogP contribution < -0.4 is 14.5 Å². The highest BCUT2D eigenvalue weighted by molar-refractivity contribution is 5.79. The molecule has 1 heterocycles. The van der Waals surface area contributed by atoms with Crippen molar-refractivity contribution in [2.24, 2.45) is 0 Å². The lowest BCUT2D eigenvalue weighted by Crippen LogP contribution is -2.40. The molecule has 1 fully saturated rings. The first-order valence-corrected chi connectivity index (χ1v) is 11.4. The van der Waals surface area contributed by atoms with E-state index in [1.165, 1.54) is 11.1 Å². The van der Waals surface area contributed by atoms with Gasteiger partial charge in [-0.15, -0.1) is 0 Å². The van der Waals surface area contributed by atoms with E-state index in [2.05, 4.69) is 18.2 Å². The number of carboxylic acids is 2. The van der Waals surface area contributed by atoms with Gasteiger partial charge in [-0.05, 0) is 75.4 Å². The van der Waals surface area contributed by atoms with Gasteiger partial charge >= 0.3 is 11.9 Å². The molecule has 1 aliphatic rings.